The third-order valence-electron chi connectivity index (χ3n) is 2.06. The van der Waals surface area contributed by atoms with Gasteiger partial charge in [0.2, 0.25) is 0 Å². The summed E-state index contributed by atoms with van der Waals surface area (Å²) in [5, 5.41) is 0. The van der Waals surface area contributed by atoms with Crippen molar-refractivity contribution in [3.63, 3.8) is 0 Å². The largest absolute Gasteiger partial charge is 0.394 e. The van der Waals surface area contributed by atoms with Crippen molar-refractivity contribution in [2.75, 3.05) is 0 Å². The van der Waals surface area contributed by atoms with Crippen molar-refractivity contribution in [1.82, 2.24) is 9.97 Å². The Labute approximate surface area is 102 Å². The summed E-state index contributed by atoms with van der Waals surface area (Å²) in [6, 6.07) is 0. The molecule has 0 unspecified atom stereocenters. The summed E-state index contributed by atoms with van der Waals surface area (Å²) in [6.45, 7) is 4.23. The number of aromatic amines is 1. The molecule has 0 atom stereocenters. The fourth-order valence-electron chi connectivity index (χ4n) is 1.34. The van der Waals surface area contributed by atoms with Crippen molar-refractivity contribution in [2.45, 2.75) is 46.0 Å². The second-order valence-corrected chi connectivity index (χ2v) is 4.65. The number of nitrogens with zero attached hydrogens (tertiary/aromatic N) is 1. The molecule has 0 spiro atoms. The molecule has 100 valence electrons. The van der Waals surface area contributed by atoms with Crippen molar-refractivity contribution in [2.24, 2.45) is 0 Å². The molecule has 0 fully saturated rings. The third kappa shape index (κ3) is 13.0. The van der Waals surface area contributed by atoms with Crippen molar-refractivity contribution >= 4 is 10.4 Å². The Bertz CT molecular complexity index is 392. The number of nitrogens with one attached hydrogen (secondary N) is 1. The lowest BCUT2D eigenvalue weighted by Crippen LogP contribution is -1.89. The molecule has 0 radical (unpaired) electrons. The molecule has 1 rings (SSSR count). The quantitative estimate of drug-likeness (QED) is 0.558. The molecule has 0 aromatic carbocycles. The van der Waals surface area contributed by atoms with Gasteiger partial charge in [0, 0.05) is 11.9 Å². The van der Waals surface area contributed by atoms with E-state index in [0.29, 0.717) is 0 Å². The van der Waals surface area contributed by atoms with Gasteiger partial charge in [-0.1, -0.05) is 26.2 Å². The van der Waals surface area contributed by atoms with E-state index < -0.39 is 10.4 Å². The molecule has 6 nitrogen and oxygen atoms in total. The molecule has 1 heterocycles. The first-order chi connectivity index (χ1) is 7.83. The number of hydrogen-bond donors (Lipinski definition) is 3. The van der Waals surface area contributed by atoms with Crippen LogP contribution in [-0.2, 0) is 16.8 Å². The Balaban J connectivity index is 0.000000437. The maximum atomic E-state index is 8.74. The zero-order valence-corrected chi connectivity index (χ0v) is 11.0. The summed E-state index contributed by atoms with van der Waals surface area (Å²) in [5.41, 5.74) is 1.28. The van der Waals surface area contributed by atoms with Gasteiger partial charge in [0.05, 0.1) is 0 Å². The first-order valence-electron chi connectivity index (χ1n) is 5.53. The highest BCUT2D eigenvalue weighted by Crippen LogP contribution is 2.05. The second kappa shape index (κ2) is 8.21. The van der Waals surface area contributed by atoms with Gasteiger partial charge in [-0.05, 0) is 19.8 Å². The molecule has 0 aliphatic rings. The fourth-order valence-corrected chi connectivity index (χ4v) is 1.34. The molecule has 1 aromatic heterocycles. The topological polar surface area (TPSA) is 103 Å². The van der Waals surface area contributed by atoms with E-state index in [2.05, 4.69) is 16.9 Å². The van der Waals surface area contributed by atoms with Gasteiger partial charge in [-0.25, -0.2) is 4.98 Å². The third-order valence-corrected chi connectivity index (χ3v) is 2.06. The van der Waals surface area contributed by atoms with Crippen molar-refractivity contribution < 1.29 is 17.5 Å². The van der Waals surface area contributed by atoms with Crippen molar-refractivity contribution in [1.29, 1.82) is 0 Å². The monoisotopic (exact) mass is 264 g/mol. The van der Waals surface area contributed by atoms with Gasteiger partial charge in [-0.2, -0.15) is 8.42 Å². The van der Waals surface area contributed by atoms with Crippen LogP contribution in [0.4, 0.5) is 0 Å². The fraction of sp³-hybridized carbons (Fsp3) is 0.700. The van der Waals surface area contributed by atoms with E-state index in [-0.39, 0.29) is 0 Å². The minimum absolute atomic E-state index is 1.03. The molecule has 0 amide bonds. The Morgan fingerprint density at radius 2 is 1.88 bits per heavy atom. The summed E-state index contributed by atoms with van der Waals surface area (Å²) < 4.78 is 31.6. The number of aryl methyl sites for hydroxylation is 2. The maximum absolute atomic E-state index is 8.74. The standard InChI is InChI=1S/C10H18N2.H2O4S/c1-3-4-5-6-7-10-8-11-9(2)12-10;1-5(2,3)4/h8H,3-7H2,1-2H3,(H,11,12);(H2,1,2,3,4). The van der Waals surface area contributed by atoms with Gasteiger partial charge in [0.15, 0.2) is 0 Å². The lowest BCUT2D eigenvalue weighted by molar-refractivity contribution is 0.381. The minimum Gasteiger partial charge on any atom is -0.346 e. The lowest BCUT2D eigenvalue weighted by atomic mass is 10.1. The van der Waals surface area contributed by atoms with E-state index >= 15 is 0 Å². The molecule has 0 aliphatic carbocycles. The van der Waals surface area contributed by atoms with Crippen LogP contribution in [0.1, 0.15) is 44.1 Å². The summed E-state index contributed by atoms with van der Waals surface area (Å²) in [5.74, 6) is 1.03. The Morgan fingerprint density at radius 1 is 1.29 bits per heavy atom. The summed E-state index contributed by atoms with van der Waals surface area (Å²) >= 11 is 0. The van der Waals surface area contributed by atoms with E-state index in [1.807, 2.05) is 13.1 Å². The van der Waals surface area contributed by atoms with Gasteiger partial charge in [0.1, 0.15) is 5.82 Å². The highest BCUT2D eigenvalue weighted by Gasteiger charge is 1.95. The zero-order chi connectivity index (χ0) is 13.3. The van der Waals surface area contributed by atoms with Gasteiger partial charge < -0.3 is 4.98 Å². The predicted molar refractivity (Wildman–Crippen MR) is 65.3 cm³/mol. The average Bonchev–Trinajstić information content (AvgIpc) is 2.56. The van der Waals surface area contributed by atoms with Gasteiger partial charge in [0.25, 0.3) is 0 Å². The van der Waals surface area contributed by atoms with Crippen molar-refractivity contribution in [3.05, 3.63) is 17.7 Å². The first-order valence-corrected chi connectivity index (χ1v) is 6.93. The Hall–Kier alpha value is -0.920. The predicted octanol–water partition coefficient (Wildman–Crippen LogP) is 2.19. The molecule has 0 saturated carbocycles. The van der Waals surface area contributed by atoms with Crippen LogP contribution in [0.3, 0.4) is 0 Å². The van der Waals surface area contributed by atoms with Gasteiger partial charge in [-0.3, -0.25) is 9.11 Å². The van der Waals surface area contributed by atoms with Crippen LogP contribution in [0.2, 0.25) is 0 Å². The van der Waals surface area contributed by atoms with Crippen LogP contribution in [0.5, 0.6) is 0 Å². The normalized spacial score (nSPS) is 10.8. The zero-order valence-electron chi connectivity index (χ0n) is 10.2. The number of aromatic nitrogens is 2. The molecular weight excluding hydrogens is 244 g/mol. The van der Waals surface area contributed by atoms with Crippen LogP contribution in [0, 0.1) is 6.92 Å². The molecule has 0 aliphatic heterocycles. The highest BCUT2D eigenvalue weighted by molar-refractivity contribution is 7.79. The second-order valence-electron chi connectivity index (χ2n) is 3.75. The summed E-state index contributed by atoms with van der Waals surface area (Å²) in [6.07, 6.45) is 8.39. The molecule has 3 N–H and O–H groups in total. The molecule has 17 heavy (non-hydrogen) atoms. The number of H-pyrrole nitrogens is 1. The lowest BCUT2D eigenvalue weighted by Gasteiger charge is -1.96. The Morgan fingerprint density at radius 3 is 2.29 bits per heavy atom. The number of imidazole rings is 1. The SMILES string of the molecule is CCCCCCc1cnc(C)[nH]1.O=S(=O)(O)O. The molecule has 0 saturated heterocycles. The number of hydrogen-bond acceptors (Lipinski definition) is 3. The van der Waals surface area contributed by atoms with Crippen LogP contribution < -0.4 is 0 Å². The van der Waals surface area contributed by atoms with Crippen molar-refractivity contribution in [3.8, 4) is 0 Å². The van der Waals surface area contributed by atoms with Gasteiger partial charge >= 0.3 is 10.4 Å². The van der Waals surface area contributed by atoms with E-state index in [4.69, 9.17) is 17.5 Å². The molecular formula is C10H20N2O4S. The van der Waals surface area contributed by atoms with Gasteiger partial charge in [-0.15, -0.1) is 0 Å². The summed E-state index contributed by atoms with van der Waals surface area (Å²) in [4.78, 5) is 7.40. The van der Waals surface area contributed by atoms with E-state index in [1.54, 1.807) is 0 Å². The van der Waals surface area contributed by atoms with Crippen LogP contribution in [0.25, 0.3) is 0 Å². The molecule has 7 heteroatoms. The van der Waals surface area contributed by atoms with E-state index in [1.165, 1.54) is 31.4 Å². The average molecular weight is 264 g/mol. The van der Waals surface area contributed by atoms with Crippen LogP contribution in [-0.4, -0.2) is 27.5 Å². The number of rotatable bonds is 5. The van der Waals surface area contributed by atoms with Crippen LogP contribution >= 0.6 is 0 Å². The van der Waals surface area contributed by atoms with Crippen LogP contribution in [0.15, 0.2) is 6.20 Å². The minimum atomic E-state index is -4.67. The smallest absolute Gasteiger partial charge is 0.346 e. The highest BCUT2D eigenvalue weighted by atomic mass is 32.3. The van der Waals surface area contributed by atoms with E-state index in [0.717, 1.165) is 12.2 Å². The first kappa shape index (κ1) is 16.1. The summed E-state index contributed by atoms with van der Waals surface area (Å²) in [7, 11) is -4.67. The number of unbranched alkanes of at least 4 members (excludes halogenated alkanes) is 3. The maximum Gasteiger partial charge on any atom is 0.394 e. The molecule has 1 aromatic rings. The van der Waals surface area contributed by atoms with E-state index in [9.17, 15) is 0 Å². The molecule has 0 bridgehead atoms. The Kier molecular flexibility index (Phi) is 7.77.